The van der Waals surface area contributed by atoms with E-state index in [0.29, 0.717) is 64.3 Å². The molecule has 2 fully saturated rings. The number of fused-ring (bicyclic) bond motifs is 4. The average Bonchev–Trinajstić information content (AvgIpc) is 1.53. The van der Waals surface area contributed by atoms with E-state index in [4.69, 9.17) is 8.42 Å². The van der Waals surface area contributed by atoms with Crippen molar-refractivity contribution < 1.29 is 72.7 Å². The first-order valence-corrected chi connectivity index (χ1v) is 34.4. The number of benzene rings is 4. The van der Waals surface area contributed by atoms with Gasteiger partial charge in [0.2, 0.25) is 0 Å². The van der Waals surface area contributed by atoms with Crippen LogP contribution < -0.4 is 40.2 Å². The summed E-state index contributed by atoms with van der Waals surface area (Å²) in [7, 11) is -5.65. The zero-order valence-electron chi connectivity index (χ0n) is 51.3. The molecule has 0 radical (unpaired) electrons. The molecule has 4 aromatic carbocycles. The van der Waals surface area contributed by atoms with Crippen molar-refractivity contribution in [2.45, 2.75) is 120 Å². The summed E-state index contributed by atoms with van der Waals surface area (Å²) in [5, 5.41) is 44.3. The van der Waals surface area contributed by atoms with Crippen molar-refractivity contribution in [1.29, 1.82) is 10.5 Å². The molecule has 2 aliphatic carbocycles. The van der Waals surface area contributed by atoms with Crippen LogP contribution in [0.4, 0.5) is 37.7 Å². The predicted octanol–water partition coefficient (Wildman–Crippen LogP) is 11.5. The molecule has 2 saturated carbocycles. The van der Waals surface area contributed by atoms with Crippen LogP contribution in [0.2, 0.25) is 0 Å². The van der Waals surface area contributed by atoms with E-state index in [1.54, 1.807) is 29.4 Å². The fraction of sp³-hybridized carbons (Fsp3) is 0.387. The first-order chi connectivity index (χ1) is 42.7. The van der Waals surface area contributed by atoms with Crippen molar-refractivity contribution in [2.75, 3.05) is 36.2 Å². The second-order valence-electron chi connectivity index (χ2n) is 25.1. The molecule has 6 aromatic heterocycles. The first kappa shape index (κ1) is 69.6. The van der Waals surface area contributed by atoms with Gasteiger partial charge in [-0.2, -0.15) is 36.9 Å². The Kier molecular flexibility index (Phi) is 20.1. The fourth-order valence-electron chi connectivity index (χ4n) is 10.8. The molecule has 92 heavy (non-hydrogen) atoms. The minimum absolute atomic E-state index is 0. The topological polar surface area (TPSA) is 253 Å². The van der Waals surface area contributed by atoms with Gasteiger partial charge in [0.15, 0.2) is 20.9 Å². The molecule has 2 N–H and O–H groups in total. The Balaban J connectivity index is 0.000000204. The number of anilines is 2. The zero-order chi connectivity index (χ0) is 65.8. The van der Waals surface area contributed by atoms with Crippen LogP contribution in [-0.4, -0.2) is 96.3 Å². The van der Waals surface area contributed by atoms with Gasteiger partial charge < -0.3 is 19.1 Å². The number of aromatic nitrogens is 10. The van der Waals surface area contributed by atoms with E-state index < -0.39 is 55.8 Å². The number of nitrogens with one attached hydrogen (secondary N) is 2. The quantitative estimate of drug-likeness (QED) is 0.0550. The van der Waals surface area contributed by atoms with E-state index in [0.717, 1.165) is 68.9 Å². The molecule has 6 heterocycles. The third kappa shape index (κ3) is 14.8. The van der Waals surface area contributed by atoms with E-state index in [9.17, 15) is 45.3 Å². The average molecular weight is 1410 g/mol. The van der Waals surface area contributed by atoms with Crippen molar-refractivity contribution in [3.63, 3.8) is 0 Å². The predicted molar refractivity (Wildman–Crippen MR) is 341 cm³/mol. The summed E-state index contributed by atoms with van der Waals surface area (Å²) >= 11 is 6.57. The Bertz CT molecular complexity index is 4700. The Morgan fingerprint density at radius 1 is 0.663 bits per heavy atom. The summed E-state index contributed by atoms with van der Waals surface area (Å²) in [4.78, 5) is 17.8. The number of sulfone groups is 1. The van der Waals surface area contributed by atoms with Crippen LogP contribution in [0, 0.1) is 33.5 Å². The van der Waals surface area contributed by atoms with Gasteiger partial charge in [-0.3, -0.25) is 9.97 Å². The molecule has 2 aliphatic rings. The normalized spacial score (nSPS) is 15.2. The number of thiazole rings is 2. The van der Waals surface area contributed by atoms with Crippen molar-refractivity contribution in [3.05, 3.63) is 146 Å². The molecule has 18 nitrogen and oxygen atoms in total. The molecule has 30 heteroatoms. The number of hydrogen-bond donors (Lipinski definition) is 2. The summed E-state index contributed by atoms with van der Waals surface area (Å²) in [6, 6.07) is 23.1. The van der Waals surface area contributed by atoms with Gasteiger partial charge >= 0.3 is 41.9 Å². The zero-order valence-corrected chi connectivity index (χ0v) is 58.2. The number of nitriles is 2. The maximum absolute atomic E-state index is 14.0. The monoisotopic (exact) mass is 1410 g/mol. The molecular weight excluding hydrogens is 1350 g/mol. The Labute approximate surface area is 566 Å². The maximum atomic E-state index is 14.0. The SMILES string of the molecule is CC(C)(C)CNc1c(C#N)cnc2c(Br)cc(C[C@H](c3cn(C4(C(F)(F)F)CC4)nn3)c3cccc4ncsc34)cc12.CC(C)(C)CNc1c(C#N)cnc2c(S(C)(=O)=O)cc(C[C@H](c3cn(C4(C(F)(F)F)CC4)nn3)c3cccc4ncsc34)cc12.C[S-](=O)=O.[Na+]. The molecular formula is C62H60BrF6N14NaO4S4. The minimum atomic E-state index is -4.48. The molecule has 0 unspecified atom stereocenters. The van der Waals surface area contributed by atoms with Gasteiger partial charge in [0.25, 0.3) is 0 Å². The Morgan fingerprint density at radius 2 is 1.07 bits per heavy atom. The molecule has 0 spiro atoms. The number of rotatable bonds is 15. The molecule has 0 amide bonds. The van der Waals surface area contributed by atoms with Gasteiger partial charge in [-0.1, -0.05) is 93.2 Å². The molecule has 2 atom stereocenters. The van der Waals surface area contributed by atoms with Gasteiger partial charge in [0.05, 0.1) is 93.7 Å². The largest absolute Gasteiger partial charge is 1.00 e. The van der Waals surface area contributed by atoms with Crippen LogP contribution >= 0.6 is 38.6 Å². The van der Waals surface area contributed by atoms with E-state index in [-0.39, 0.29) is 88.5 Å². The van der Waals surface area contributed by atoms with Gasteiger partial charge in [-0.25, -0.2) is 27.7 Å². The Hall–Kier alpha value is -6.70. The van der Waals surface area contributed by atoms with Crippen molar-refractivity contribution in [3.8, 4) is 12.1 Å². The van der Waals surface area contributed by atoms with Gasteiger partial charge in [0, 0.05) is 58.8 Å². The van der Waals surface area contributed by atoms with Crippen molar-refractivity contribution in [1.82, 2.24) is 49.9 Å². The van der Waals surface area contributed by atoms with Crippen LogP contribution in [0.3, 0.4) is 0 Å². The number of halogens is 7. The second-order valence-corrected chi connectivity index (χ2v) is 30.5. The van der Waals surface area contributed by atoms with Gasteiger partial charge in [-0.05, 0) is 124 Å². The number of nitrogens with zero attached hydrogens (tertiary/aromatic N) is 12. The standard InChI is InChI=1S/C31H30F3N7O2S2.C30H27BrF3N7S.CH3O2S.Na/c1-29(2,3)16-37-26-19(13-35)14-36-27-22(26)11-18(12-25(27)45(4,42)43)10-21(20-6-5-7-23-28(20)44-17-38-23)24-15-41(40-39-24)30(8-9-30)31(32,33)34;1-28(2,3)15-37-25-18(12-35)13-36-26-21(25)10-17(11-22(26)31)9-20(19-5-4-6-23-27(19)42-16-38-23)24-14-41(40-39-24)29(7-8-29)30(32,33)34;1-4(2)3;/h5-7,11-12,14-15,17,21H,8-10,16H2,1-4H3,(H,36,37);4-6,10-11,13-14,16,20H,7-9,15H2,1-3H3,(H,36,37);1H3;/q;;-1;+1/t21-;20-;;/m00../s1. The molecule has 0 bridgehead atoms. The van der Waals surface area contributed by atoms with Gasteiger partial charge in [-0.15, -0.1) is 32.9 Å². The molecule has 0 saturated heterocycles. The number of alkyl halides is 6. The maximum Gasteiger partial charge on any atom is 1.00 e. The van der Waals surface area contributed by atoms with Crippen LogP contribution in [-0.2, 0) is 52.9 Å². The molecule has 0 aliphatic heterocycles. The van der Waals surface area contributed by atoms with Crippen LogP contribution in [0.1, 0.15) is 124 Å². The van der Waals surface area contributed by atoms with E-state index in [1.165, 1.54) is 41.3 Å². The van der Waals surface area contributed by atoms with E-state index >= 15 is 0 Å². The van der Waals surface area contributed by atoms with Crippen LogP contribution in [0.5, 0.6) is 0 Å². The summed E-state index contributed by atoms with van der Waals surface area (Å²) in [6.45, 7) is 13.6. The van der Waals surface area contributed by atoms with E-state index in [2.05, 4.69) is 100 Å². The molecule has 12 rings (SSSR count). The van der Waals surface area contributed by atoms with Crippen LogP contribution in [0.15, 0.2) is 106 Å². The Morgan fingerprint density at radius 3 is 1.45 bits per heavy atom. The summed E-state index contributed by atoms with van der Waals surface area (Å²) in [5.41, 5.74) is 7.55. The second kappa shape index (κ2) is 26.6. The molecule has 10 aromatic rings. The fourth-order valence-corrected chi connectivity index (χ4v) is 14.0. The molecule has 476 valence electrons. The minimum Gasteiger partial charge on any atom is -0.424 e. The van der Waals surface area contributed by atoms with E-state index in [1.807, 2.05) is 69.3 Å². The third-order valence-corrected chi connectivity index (χ3v) is 19.2. The van der Waals surface area contributed by atoms with Gasteiger partial charge in [0.1, 0.15) is 12.1 Å². The van der Waals surface area contributed by atoms with Crippen molar-refractivity contribution >= 4 is 113 Å². The third-order valence-electron chi connectivity index (χ3n) is 15.7. The number of hydrogen-bond acceptors (Lipinski definition) is 19. The number of pyridine rings is 2. The van der Waals surface area contributed by atoms with Crippen molar-refractivity contribution in [2.24, 2.45) is 10.8 Å². The summed E-state index contributed by atoms with van der Waals surface area (Å²) in [6.07, 6.45) is -0.518. The summed E-state index contributed by atoms with van der Waals surface area (Å²) in [5.74, 6) is -0.982. The smallest absolute Gasteiger partial charge is 0.424 e. The van der Waals surface area contributed by atoms with Crippen LogP contribution in [0.25, 0.3) is 42.2 Å². The summed E-state index contributed by atoms with van der Waals surface area (Å²) < 4.78 is 132. The first-order valence-electron chi connectivity index (χ1n) is 28.4.